The summed E-state index contributed by atoms with van der Waals surface area (Å²) in [7, 11) is 0. The second-order valence-corrected chi connectivity index (χ2v) is 9.21. The van der Waals surface area contributed by atoms with Crippen molar-refractivity contribution in [2.75, 3.05) is 17.7 Å². The number of benzene rings is 3. The third-order valence-electron chi connectivity index (χ3n) is 5.08. The molecule has 34 heavy (non-hydrogen) atoms. The Morgan fingerprint density at radius 1 is 1.03 bits per heavy atom. The Hall–Kier alpha value is -3.13. The molecule has 0 atom stereocenters. The molecule has 3 rings (SSSR count). The molecule has 0 radical (unpaired) electrons. The van der Waals surface area contributed by atoms with Crippen molar-refractivity contribution in [3.05, 3.63) is 99.1 Å². The first-order valence-corrected chi connectivity index (χ1v) is 12.2. The Labute approximate surface area is 208 Å². The van der Waals surface area contributed by atoms with Crippen LogP contribution >= 0.6 is 23.4 Å². The maximum absolute atomic E-state index is 12.9. The lowest BCUT2D eigenvalue weighted by molar-refractivity contribution is 0.0956. The number of nitrogens with zero attached hydrogens (tertiary/aromatic N) is 1. The number of hydrogen-bond acceptors (Lipinski definition) is 5. The van der Waals surface area contributed by atoms with E-state index in [4.69, 9.17) is 16.7 Å². The van der Waals surface area contributed by atoms with Gasteiger partial charge in [0, 0.05) is 22.1 Å². The fourth-order valence-electron chi connectivity index (χ4n) is 3.14. The first kappa shape index (κ1) is 25.5. The second-order valence-electron chi connectivity index (χ2n) is 7.66. The number of thioether (sulfide) groups is 1. The van der Waals surface area contributed by atoms with E-state index in [9.17, 15) is 9.59 Å². The lowest BCUT2D eigenvalue weighted by atomic mass is 10.1. The molecule has 0 bridgehead atoms. The maximum Gasteiger partial charge on any atom is 0.273 e. The quantitative estimate of drug-likeness (QED) is 0.216. The van der Waals surface area contributed by atoms with Crippen molar-refractivity contribution < 1.29 is 14.7 Å². The highest BCUT2D eigenvalue weighted by molar-refractivity contribution is 7.98. The zero-order chi connectivity index (χ0) is 24.5. The van der Waals surface area contributed by atoms with Gasteiger partial charge in [0.05, 0.1) is 24.1 Å². The van der Waals surface area contributed by atoms with E-state index >= 15 is 0 Å². The van der Waals surface area contributed by atoms with E-state index in [0.717, 1.165) is 16.7 Å². The van der Waals surface area contributed by atoms with Gasteiger partial charge in [-0.2, -0.15) is 16.9 Å². The monoisotopic (exact) mass is 495 g/mol. The van der Waals surface area contributed by atoms with Gasteiger partial charge in [0.15, 0.2) is 0 Å². The molecule has 0 aliphatic rings. The molecule has 0 spiro atoms. The number of hydrogen-bond donors (Lipinski definition) is 3. The SMILES string of the molecule is Cc1ccc(/C=N/NC(=O)c2cc(Cl)ccc2NC(=O)c2cccc(CSCCO)c2)cc1C. The average molecular weight is 496 g/mol. The fourth-order valence-corrected chi connectivity index (χ4v) is 4.00. The van der Waals surface area contributed by atoms with Crippen LogP contribution in [0.1, 0.15) is 43.0 Å². The molecule has 3 aromatic rings. The Bertz CT molecular complexity index is 1210. The van der Waals surface area contributed by atoms with Gasteiger partial charge in [-0.25, -0.2) is 5.43 Å². The Balaban J connectivity index is 1.72. The van der Waals surface area contributed by atoms with Crippen molar-refractivity contribution in [1.82, 2.24) is 5.43 Å². The summed E-state index contributed by atoms with van der Waals surface area (Å²) in [5.74, 6) is 0.483. The van der Waals surface area contributed by atoms with Crippen molar-refractivity contribution in [2.24, 2.45) is 5.10 Å². The van der Waals surface area contributed by atoms with E-state index in [1.165, 1.54) is 11.6 Å². The number of halogens is 1. The molecular weight excluding hydrogens is 470 g/mol. The van der Waals surface area contributed by atoms with Crippen LogP contribution in [0.3, 0.4) is 0 Å². The number of aliphatic hydroxyl groups is 1. The van der Waals surface area contributed by atoms with Crippen molar-refractivity contribution in [3.63, 3.8) is 0 Å². The minimum absolute atomic E-state index is 0.112. The molecule has 3 N–H and O–H groups in total. The standard InChI is InChI=1S/C26H26ClN3O3S/c1-17-6-7-19(12-18(17)2)15-28-30-26(33)23-14-22(27)8-9-24(23)29-25(32)21-5-3-4-20(13-21)16-34-11-10-31/h3-9,12-15,31H,10-11,16H2,1-2H3,(H,29,32)(H,30,33)/b28-15+. The minimum atomic E-state index is -0.493. The average Bonchev–Trinajstić information content (AvgIpc) is 2.82. The lowest BCUT2D eigenvalue weighted by Crippen LogP contribution is -2.21. The molecular formula is C26H26ClN3O3S. The van der Waals surface area contributed by atoms with E-state index in [1.54, 1.807) is 48.3 Å². The molecule has 0 aromatic heterocycles. The van der Waals surface area contributed by atoms with Crippen LogP contribution in [0.2, 0.25) is 5.02 Å². The van der Waals surface area contributed by atoms with Gasteiger partial charge in [-0.1, -0.05) is 41.9 Å². The summed E-state index contributed by atoms with van der Waals surface area (Å²) in [6.45, 7) is 4.15. The van der Waals surface area contributed by atoms with Crippen LogP contribution in [0, 0.1) is 13.8 Å². The normalized spacial score (nSPS) is 10.9. The topological polar surface area (TPSA) is 90.8 Å². The molecule has 0 aliphatic heterocycles. The van der Waals surface area contributed by atoms with E-state index < -0.39 is 5.91 Å². The molecule has 0 saturated heterocycles. The van der Waals surface area contributed by atoms with Crippen LogP contribution in [0.15, 0.2) is 65.8 Å². The van der Waals surface area contributed by atoms with Crippen LogP contribution in [-0.2, 0) is 5.75 Å². The van der Waals surface area contributed by atoms with Gasteiger partial charge in [-0.05, 0) is 66.4 Å². The van der Waals surface area contributed by atoms with E-state index in [0.29, 0.717) is 27.8 Å². The summed E-state index contributed by atoms with van der Waals surface area (Å²) in [5.41, 5.74) is 7.64. The van der Waals surface area contributed by atoms with E-state index in [2.05, 4.69) is 15.8 Å². The molecule has 8 heteroatoms. The van der Waals surface area contributed by atoms with E-state index in [1.807, 2.05) is 38.1 Å². The van der Waals surface area contributed by atoms with Crippen LogP contribution in [0.4, 0.5) is 5.69 Å². The number of anilines is 1. The molecule has 6 nitrogen and oxygen atoms in total. The van der Waals surface area contributed by atoms with Gasteiger partial charge in [0.2, 0.25) is 0 Å². The molecule has 3 aromatic carbocycles. The van der Waals surface area contributed by atoms with Crippen LogP contribution in [0.25, 0.3) is 0 Å². The van der Waals surface area contributed by atoms with Crippen molar-refractivity contribution in [3.8, 4) is 0 Å². The largest absolute Gasteiger partial charge is 0.396 e. The van der Waals surface area contributed by atoms with Crippen LogP contribution < -0.4 is 10.7 Å². The molecule has 0 aliphatic carbocycles. The van der Waals surface area contributed by atoms with Gasteiger partial charge in [-0.3, -0.25) is 9.59 Å². The summed E-state index contributed by atoms with van der Waals surface area (Å²) in [5, 5.41) is 16.1. The van der Waals surface area contributed by atoms with Crippen molar-refractivity contribution >= 4 is 47.1 Å². The van der Waals surface area contributed by atoms with Crippen LogP contribution in [-0.4, -0.2) is 35.5 Å². The second kappa shape index (κ2) is 12.4. The van der Waals surface area contributed by atoms with Gasteiger partial charge < -0.3 is 10.4 Å². The summed E-state index contributed by atoms with van der Waals surface area (Å²) in [6.07, 6.45) is 1.56. The first-order valence-electron chi connectivity index (χ1n) is 10.7. The van der Waals surface area contributed by atoms with Crippen LogP contribution in [0.5, 0.6) is 0 Å². The molecule has 0 unspecified atom stereocenters. The Morgan fingerprint density at radius 3 is 2.62 bits per heavy atom. The van der Waals surface area contributed by atoms with E-state index in [-0.39, 0.29) is 18.1 Å². The first-order chi connectivity index (χ1) is 16.4. The van der Waals surface area contributed by atoms with Gasteiger partial charge in [-0.15, -0.1) is 0 Å². The molecule has 0 saturated carbocycles. The maximum atomic E-state index is 12.9. The zero-order valence-electron chi connectivity index (χ0n) is 19.0. The van der Waals surface area contributed by atoms with Gasteiger partial charge >= 0.3 is 0 Å². The Kier molecular flexibility index (Phi) is 9.27. The minimum Gasteiger partial charge on any atom is -0.396 e. The third kappa shape index (κ3) is 7.18. The number of carbonyl (C=O) groups is 2. The fraction of sp³-hybridized carbons (Fsp3) is 0.192. The Morgan fingerprint density at radius 2 is 1.85 bits per heavy atom. The number of nitrogens with one attached hydrogen (secondary N) is 2. The lowest BCUT2D eigenvalue weighted by Gasteiger charge is -2.11. The number of amides is 2. The number of carbonyl (C=O) groups excluding carboxylic acids is 2. The van der Waals surface area contributed by atoms with Gasteiger partial charge in [0.25, 0.3) is 11.8 Å². The summed E-state index contributed by atoms with van der Waals surface area (Å²) in [6, 6.07) is 17.8. The molecule has 2 amide bonds. The zero-order valence-corrected chi connectivity index (χ0v) is 20.5. The summed E-state index contributed by atoms with van der Waals surface area (Å²) in [4.78, 5) is 25.7. The number of hydrazone groups is 1. The molecule has 176 valence electrons. The highest BCUT2D eigenvalue weighted by Crippen LogP contribution is 2.22. The highest BCUT2D eigenvalue weighted by atomic mass is 35.5. The predicted molar refractivity (Wildman–Crippen MR) is 140 cm³/mol. The predicted octanol–water partition coefficient (Wildman–Crippen LogP) is 5.20. The summed E-state index contributed by atoms with van der Waals surface area (Å²) < 4.78 is 0. The van der Waals surface area contributed by atoms with Crippen molar-refractivity contribution in [1.29, 1.82) is 0 Å². The highest BCUT2D eigenvalue weighted by Gasteiger charge is 2.15. The smallest absolute Gasteiger partial charge is 0.273 e. The van der Waals surface area contributed by atoms with Crippen molar-refractivity contribution in [2.45, 2.75) is 19.6 Å². The molecule has 0 fully saturated rings. The number of aliphatic hydroxyl groups excluding tert-OH is 1. The third-order valence-corrected chi connectivity index (χ3v) is 6.32. The van der Waals surface area contributed by atoms with Gasteiger partial charge in [0.1, 0.15) is 0 Å². The number of rotatable bonds is 9. The summed E-state index contributed by atoms with van der Waals surface area (Å²) >= 11 is 7.69. The number of aryl methyl sites for hydroxylation is 2. The molecule has 0 heterocycles.